The maximum atomic E-state index is 12.6. The van der Waals surface area contributed by atoms with E-state index in [1.165, 1.54) is 31.4 Å². The molecule has 0 saturated heterocycles. The number of hydrogen-bond acceptors (Lipinski definition) is 7. The quantitative estimate of drug-likeness (QED) is 0.388. The molecule has 0 fully saturated rings. The van der Waals surface area contributed by atoms with Gasteiger partial charge in [0.05, 0.1) is 25.0 Å². The maximum absolute atomic E-state index is 12.6. The Morgan fingerprint density at radius 3 is 2.03 bits per heavy atom. The summed E-state index contributed by atoms with van der Waals surface area (Å²) in [5, 5.41) is 2.69. The molecule has 0 saturated carbocycles. The van der Waals surface area contributed by atoms with Crippen LogP contribution in [-0.4, -0.2) is 40.6 Å². The molecule has 2 N–H and O–H groups in total. The first-order valence-electron chi connectivity index (χ1n) is 10.7. The largest absolute Gasteiger partial charge is 0.497 e. The average Bonchev–Trinajstić information content (AvgIpc) is 2.85. The Bertz CT molecular complexity index is 1240. The summed E-state index contributed by atoms with van der Waals surface area (Å²) in [6.45, 7) is 1.81. The van der Waals surface area contributed by atoms with E-state index in [0.717, 1.165) is 5.56 Å². The first kappa shape index (κ1) is 25.6. The van der Waals surface area contributed by atoms with Gasteiger partial charge in [0.25, 0.3) is 15.9 Å². The van der Waals surface area contributed by atoms with Crippen molar-refractivity contribution in [3.8, 4) is 11.5 Å². The van der Waals surface area contributed by atoms with Gasteiger partial charge in [-0.05, 0) is 73.2 Å². The third kappa shape index (κ3) is 7.75. The number of amides is 1. The molecule has 0 aliphatic carbocycles. The zero-order chi connectivity index (χ0) is 25.3. The maximum Gasteiger partial charge on any atom is 0.310 e. The van der Waals surface area contributed by atoms with Gasteiger partial charge in [-0.2, -0.15) is 0 Å². The van der Waals surface area contributed by atoms with Crippen LogP contribution < -0.4 is 19.5 Å². The van der Waals surface area contributed by atoms with Crippen molar-refractivity contribution in [3.63, 3.8) is 0 Å². The normalized spacial score (nSPS) is 10.8. The molecular weight excluding hydrogens is 472 g/mol. The van der Waals surface area contributed by atoms with Crippen molar-refractivity contribution in [3.05, 3.63) is 78.4 Å². The molecule has 35 heavy (non-hydrogen) atoms. The summed E-state index contributed by atoms with van der Waals surface area (Å²) in [5.41, 5.74) is 1.73. The Kier molecular flexibility index (Phi) is 8.69. The molecule has 9 nitrogen and oxygen atoms in total. The highest BCUT2D eigenvalue weighted by Crippen LogP contribution is 2.21. The fourth-order valence-electron chi connectivity index (χ4n) is 3.02. The highest BCUT2D eigenvalue weighted by molar-refractivity contribution is 7.92. The van der Waals surface area contributed by atoms with Gasteiger partial charge in [-0.3, -0.25) is 14.3 Å². The molecule has 0 aliphatic heterocycles. The van der Waals surface area contributed by atoms with Crippen molar-refractivity contribution < 1.29 is 32.2 Å². The van der Waals surface area contributed by atoms with Gasteiger partial charge >= 0.3 is 5.97 Å². The number of rotatable bonds is 11. The third-order valence-corrected chi connectivity index (χ3v) is 6.13. The topological polar surface area (TPSA) is 120 Å². The molecule has 0 heterocycles. The third-order valence-electron chi connectivity index (χ3n) is 4.74. The van der Waals surface area contributed by atoms with Crippen LogP contribution in [-0.2, 0) is 30.8 Å². The summed E-state index contributed by atoms with van der Waals surface area (Å²) in [5.74, 6) is 0.256. The van der Waals surface area contributed by atoms with Crippen molar-refractivity contribution in [2.45, 2.75) is 18.2 Å². The first-order valence-corrected chi connectivity index (χ1v) is 12.2. The number of carbonyl (C=O) groups excluding carboxylic acids is 2. The second-order valence-corrected chi connectivity index (χ2v) is 9.00. The molecule has 10 heteroatoms. The first-order chi connectivity index (χ1) is 16.8. The van der Waals surface area contributed by atoms with E-state index in [-0.39, 0.29) is 29.8 Å². The van der Waals surface area contributed by atoms with Crippen molar-refractivity contribution in [2.75, 3.05) is 30.4 Å². The Morgan fingerprint density at radius 2 is 1.43 bits per heavy atom. The molecule has 3 aromatic carbocycles. The van der Waals surface area contributed by atoms with E-state index in [1.807, 2.05) is 0 Å². The van der Waals surface area contributed by atoms with Gasteiger partial charge in [-0.15, -0.1) is 0 Å². The smallest absolute Gasteiger partial charge is 0.310 e. The molecular formula is C25H26N2O7S. The summed E-state index contributed by atoms with van der Waals surface area (Å²) in [7, 11) is -2.26. The van der Waals surface area contributed by atoms with E-state index in [0.29, 0.717) is 29.5 Å². The molecule has 0 unspecified atom stereocenters. The van der Waals surface area contributed by atoms with Crippen LogP contribution >= 0.6 is 0 Å². The minimum atomic E-state index is -3.79. The number of benzene rings is 3. The monoisotopic (exact) mass is 498 g/mol. The van der Waals surface area contributed by atoms with Crippen LogP contribution in [0.1, 0.15) is 12.5 Å². The van der Waals surface area contributed by atoms with Crippen LogP contribution in [0.3, 0.4) is 0 Å². The zero-order valence-electron chi connectivity index (χ0n) is 19.3. The SMILES string of the molecule is CCOC(=O)Cc1ccc(NC(=O)COc2ccc(S(=O)(=O)Nc3ccc(OC)cc3)cc2)cc1. The Balaban J connectivity index is 1.50. The lowest BCUT2D eigenvalue weighted by Gasteiger charge is -2.11. The van der Waals surface area contributed by atoms with Gasteiger partial charge in [0.1, 0.15) is 11.5 Å². The Morgan fingerprint density at radius 1 is 0.829 bits per heavy atom. The van der Waals surface area contributed by atoms with Crippen LogP contribution in [0, 0.1) is 0 Å². The second kappa shape index (κ2) is 11.9. The predicted molar refractivity (Wildman–Crippen MR) is 131 cm³/mol. The molecule has 0 atom stereocenters. The molecule has 0 radical (unpaired) electrons. The number of anilines is 2. The summed E-state index contributed by atoms with van der Waals surface area (Å²) < 4.78 is 43.1. The van der Waals surface area contributed by atoms with Gasteiger partial charge in [-0.25, -0.2) is 8.42 Å². The lowest BCUT2D eigenvalue weighted by molar-refractivity contribution is -0.142. The molecule has 0 bridgehead atoms. The number of hydrogen-bond donors (Lipinski definition) is 2. The molecule has 184 valence electrons. The van der Waals surface area contributed by atoms with E-state index in [2.05, 4.69) is 10.0 Å². The number of sulfonamides is 1. The molecule has 3 rings (SSSR count). The minimum absolute atomic E-state index is 0.0491. The average molecular weight is 499 g/mol. The van der Waals surface area contributed by atoms with Crippen molar-refractivity contribution >= 4 is 33.3 Å². The van der Waals surface area contributed by atoms with Crippen LogP contribution in [0.25, 0.3) is 0 Å². The highest BCUT2D eigenvalue weighted by Gasteiger charge is 2.15. The minimum Gasteiger partial charge on any atom is -0.497 e. The molecule has 3 aromatic rings. The van der Waals surface area contributed by atoms with E-state index < -0.39 is 10.0 Å². The van der Waals surface area contributed by atoms with Crippen LogP contribution in [0.2, 0.25) is 0 Å². The Labute approximate surface area is 204 Å². The van der Waals surface area contributed by atoms with Crippen LogP contribution in [0.15, 0.2) is 77.7 Å². The zero-order valence-corrected chi connectivity index (χ0v) is 20.1. The molecule has 0 aromatic heterocycles. The van der Waals surface area contributed by atoms with E-state index in [1.54, 1.807) is 55.5 Å². The fraction of sp³-hybridized carbons (Fsp3) is 0.200. The summed E-state index contributed by atoms with van der Waals surface area (Å²) in [6.07, 6.45) is 0.159. The van der Waals surface area contributed by atoms with Crippen LogP contribution in [0.5, 0.6) is 11.5 Å². The number of esters is 1. The number of nitrogens with one attached hydrogen (secondary N) is 2. The summed E-state index contributed by atoms with van der Waals surface area (Å²) in [4.78, 5) is 23.8. The lowest BCUT2D eigenvalue weighted by atomic mass is 10.1. The molecule has 0 spiro atoms. The van der Waals surface area contributed by atoms with Crippen LogP contribution in [0.4, 0.5) is 11.4 Å². The van der Waals surface area contributed by atoms with E-state index in [9.17, 15) is 18.0 Å². The lowest BCUT2D eigenvalue weighted by Crippen LogP contribution is -2.20. The van der Waals surface area contributed by atoms with Gasteiger partial charge in [0.2, 0.25) is 0 Å². The highest BCUT2D eigenvalue weighted by atomic mass is 32.2. The van der Waals surface area contributed by atoms with Gasteiger partial charge < -0.3 is 19.5 Å². The molecule has 1 amide bonds. The number of ether oxygens (including phenoxy) is 3. The van der Waals surface area contributed by atoms with E-state index in [4.69, 9.17) is 14.2 Å². The van der Waals surface area contributed by atoms with Gasteiger partial charge in [-0.1, -0.05) is 12.1 Å². The standard InChI is InChI=1S/C25H26N2O7S/c1-3-33-25(29)16-18-4-6-19(7-5-18)26-24(28)17-34-22-12-14-23(15-13-22)35(30,31)27-20-8-10-21(32-2)11-9-20/h4-15,27H,3,16-17H2,1-2H3,(H,26,28). The van der Waals surface area contributed by atoms with Crippen molar-refractivity contribution in [2.24, 2.45) is 0 Å². The number of carbonyl (C=O) groups is 2. The van der Waals surface area contributed by atoms with Gasteiger partial charge in [0, 0.05) is 11.4 Å². The van der Waals surface area contributed by atoms with Gasteiger partial charge in [0.15, 0.2) is 6.61 Å². The fourth-order valence-corrected chi connectivity index (χ4v) is 4.08. The second-order valence-electron chi connectivity index (χ2n) is 7.32. The summed E-state index contributed by atoms with van der Waals surface area (Å²) in [6, 6.07) is 19.0. The molecule has 0 aliphatic rings. The van der Waals surface area contributed by atoms with E-state index >= 15 is 0 Å². The van der Waals surface area contributed by atoms with Crippen molar-refractivity contribution in [1.82, 2.24) is 0 Å². The Hall–Kier alpha value is -4.05. The predicted octanol–water partition coefficient (Wildman–Crippen LogP) is 3.62. The van der Waals surface area contributed by atoms with Crippen molar-refractivity contribution in [1.29, 1.82) is 0 Å². The number of methoxy groups -OCH3 is 1. The summed E-state index contributed by atoms with van der Waals surface area (Å²) >= 11 is 0.